The zero-order valence-corrected chi connectivity index (χ0v) is 8.26. The molecule has 0 aromatic rings. The minimum atomic E-state index is -0.444. The predicted molar refractivity (Wildman–Crippen MR) is 36.8 cm³/mol. The van der Waals surface area contributed by atoms with Gasteiger partial charge in [0.05, 0.1) is 18.6 Å². The van der Waals surface area contributed by atoms with E-state index in [-0.39, 0.29) is 41.9 Å². The molecule has 3 heteroatoms. The van der Waals surface area contributed by atoms with Gasteiger partial charge < -0.3 is 5.11 Å². The second-order valence-electron chi connectivity index (χ2n) is 2.17. The van der Waals surface area contributed by atoms with E-state index in [1.165, 1.54) is 0 Å². The van der Waals surface area contributed by atoms with Crippen LogP contribution in [-0.4, -0.2) is 40.8 Å². The van der Waals surface area contributed by atoms with Crippen LogP contribution in [0.25, 0.3) is 0 Å². The standard InChI is InChI=1S/C6H11NO.Na/c1-5(2)6(8)3-4-7;/h5-6,8H,3H2,1-2H3;. The van der Waals surface area contributed by atoms with Crippen molar-refractivity contribution < 1.29 is 5.11 Å². The number of nitrogens with zero attached hydrogens (tertiary/aromatic N) is 1. The first-order valence-corrected chi connectivity index (χ1v) is 2.73. The van der Waals surface area contributed by atoms with Gasteiger partial charge in [0.15, 0.2) is 0 Å². The summed E-state index contributed by atoms with van der Waals surface area (Å²) in [6.45, 7) is 3.78. The van der Waals surface area contributed by atoms with E-state index in [1.807, 2.05) is 19.9 Å². The van der Waals surface area contributed by atoms with Gasteiger partial charge in [0.1, 0.15) is 0 Å². The van der Waals surface area contributed by atoms with Gasteiger partial charge in [-0.25, -0.2) is 0 Å². The molecule has 0 amide bonds. The summed E-state index contributed by atoms with van der Waals surface area (Å²) in [5, 5.41) is 17.0. The largest absolute Gasteiger partial charge is 0.392 e. The smallest absolute Gasteiger partial charge is 0.0692 e. The maximum Gasteiger partial charge on any atom is 0.0692 e. The van der Waals surface area contributed by atoms with E-state index < -0.39 is 6.10 Å². The Kier molecular flexibility index (Phi) is 8.87. The van der Waals surface area contributed by atoms with Crippen LogP contribution in [0.1, 0.15) is 20.3 Å². The first-order valence-electron chi connectivity index (χ1n) is 2.73. The van der Waals surface area contributed by atoms with Gasteiger partial charge in [0, 0.05) is 29.6 Å². The molecule has 0 rings (SSSR count). The maximum absolute atomic E-state index is 8.90. The summed E-state index contributed by atoms with van der Waals surface area (Å²) in [6.07, 6.45) is -0.197. The fraction of sp³-hybridized carbons (Fsp3) is 0.833. The molecular weight excluding hydrogens is 125 g/mol. The van der Waals surface area contributed by atoms with Crippen LogP contribution in [0.5, 0.6) is 0 Å². The molecule has 1 N–H and O–H groups in total. The molecule has 0 heterocycles. The monoisotopic (exact) mass is 136 g/mol. The zero-order valence-electron chi connectivity index (χ0n) is 6.26. The van der Waals surface area contributed by atoms with Crippen molar-refractivity contribution in [1.29, 1.82) is 5.26 Å². The summed E-state index contributed by atoms with van der Waals surface area (Å²) >= 11 is 0. The van der Waals surface area contributed by atoms with Gasteiger partial charge in [-0.15, -0.1) is 0 Å². The third-order valence-corrected chi connectivity index (χ3v) is 1.07. The van der Waals surface area contributed by atoms with E-state index in [9.17, 15) is 0 Å². The number of rotatable bonds is 2. The first-order chi connectivity index (χ1) is 3.68. The van der Waals surface area contributed by atoms with Gasteiger partial charge in [-0.3, -0.25) is 0 Å². The Morgan fingerprint density at radius 2 is 2.00 bits per heavy atom. The predicted octanol–water partition coefficient (Wildman–Crippen LogP) is 0.536. The van der Waals surface area contributed by atoms with Crippen molar-refractivity contribution in [3.8, 4) is 6.07 Å². The van der Waals surface area contributed by atoms with Gasteiger partial charge in [-0.1, -0.05) is 13.8 Å². The fourth-order valence-corrected chi connectivity index (χ4v) is 0.329. The van der Waals surface area contributed by atoms with Gasteiger partial charge in [0.2, 0.25) is 0 Å². The molecule has 0 aromatic carbocycles. The second-order valence-corrected chi connectivity index (χ2v) is 2.17. The van der Waals surface area contributed by atoms with Gasteiger partial charge >= 0.3 is 0 Å². The number of hydrogen-bond donors (Lipinski definition) is 1. The van der Waals surface area contributed by atoms with Crippen LogP contribution >= 0.6 is 0 Å². The van der Waals surface area contributed by atoms with E-state index in [0.29, 0.717) is 0 Å². The summed E-state index contributed by atoms with van der Waals surface area (Å²) < 4.78 is 0. The van der Waals surface area contributed by atoms with Crippen LogP contribution in [0.3, 0.4) is 0 Å². The Bertz CT molecular complexity index is 97.7. The van der Waals surface area contributed by atoms with Crippen molar-refractivity contribution in [2.75, 3.05) is 0 Å². The van der Waals surface area contributed by atoms with Gasteiger partial charge in [-0.2, -0.15) is 5.26 Å². The van der Waals surface area contributed by atoms with E-state index >= 15 is 0 Å². The van der Waals surface area contributed by atoms with Crippen LogP contribution in [0.4, 0.5) is 0 Å². The van der Waals surface area contributed by atoms with Crippen molar-refractivity contribution in [3.05, 3.63) is 0 Å². The summed E-state index contributed by atoms with van der Waals surface area (Å²) in [4.78, 5) is 0. The number of nitriles is 1. The molecule has 0 aromatic heterocycles. The zero-order chi connectivity index (χ0) is 6.57. The molecule has 0 aliphatic rings. The molecule has 47 valence electrons. The Morgan fingerprint density at radius 3 is 2.11 bits per heavy atom. The fourth-order valence-electron chi connectivity index (χ4n) is 0.329. The Hall–Kier alpha value is 0.450. The third kappa shape index (κ3) is 6.33. The molecule has 1 radical (unpaired) electrons. The minimum absolute atomic E-state index is 0. The molecule has 0 saturated heterocycles. The minimum Gasteiger partial charge on any atom is -0.392 e. The quantitative estimate of drug-likeness (QED) is 0.563. The third-order valence-electron chi connectivity index (χ3n) is 1.07. The number of aliphatic hydroxyl groups is 1. The average Bonchev–Trinajstić information content (AvgIpc) is 1.67. The molecule has 9 heavy (non-hydrogen) atoms. The van der Waals surface area contributed by atoms with Gasteiger partial charge in [-0.05, 0) is 5.92 Å². The van der Waals surface area contributed by atoms with E-state index in [0.717, 1.165) is 0 Å². The Balaban J connectivity index is 0. The van der Waals surface area contributed by atoms with Crippen LogP contribution in [0.15, 0.2) is 0 Å². The number of hydrogen-bond acceptors (Lipinski definition) is 2. The summed E-state index contributed by atoms with van der Waals surface area (Å²) in [5.41, 5.74) is 0. The number of aliphatic hydroxyl groups excluding tert-OH is 1. The summed E-state index contributed by atoms with van der Waals surface area (Å²) in [7, 11) is 0. The van der Waals surface area contributed by atoms with E-state index in [4.69, 9.17) is 10.4 Å². The van der Waals surface area contributed by atoms with Crippen molar-refractivity contribution in [2.24, 2.45) is 5.92 Å². The van der Waals surface area contributed by atoms with E-state index in [1.54, 1.807) is 0 Å². The summed E-state index contributed by atoms with van der Waals surface area (Å²) in [6, 6.07) is 1.90. The molecular formula is C6H11NNaO. The SMILES string of the molecule is CC(C)C(O)CC#N.[Na]. The first kappa shape index (κ1) is 12.2. The molecule has 1 atom stereocenters. The molecule has 0 spiro atoms. The Morgan fingerprint density at radius 1 is 1.56 bits per heavy atom. The van der Waals surface area contributed by atoms with Crippen molar-refractivity contribution in [1.82, 2.24) is 0 Å². The molecule has 0 aliphatic carbocycles. The van der Waals surface area contributed by atoms with Crippen molar-refractivity contribution in [2.45, 2.75) is 26.4 Å². The molecule has 2 nitrogen and oxygen atoms in total. The molecule has 0 fully saturated rings. The normalized spacial score (nSPS) is 11.9. The van der Waals surface area contributed by atoms with Crippen LogP contribution in [0, 0.1) is 17.2 Å². The Labute approximate surface area is 78.2 Å². The molecule has 0 saturated carbocycles. The average molecular weight is 136 g/mol. The van der Waals surface area contributed by atoms with Crippen LogP contribution < -0.4 is 0 Å². The van der Waals surface area contributed by atoms with Crippen LogP contribution in [0.2, 0.25) is 0 Å². The van der Waals surface area contributed by atoms with Gasteiger partial charge in [0.25, 0.3) is 0 Å². The topological polar surface area (TPSA) is 44.0 Å². The van der Waals surface area contributed by atoms with E-state index in [2.05, 4.69) is 0 Å². The second kappa shape index (κ2) is 6.57. The van der Waals surface area contributed by atoms with Crippen LogP contribution in [-0.2, 0) is 0 Å². The molecule has 1 unspecified atom stereocenters. The summed E-state index contributed by atoms with van der Waals surface area (Å²) in [5.74, 6) is 0.203. The molecule has 0 bridgehead atoms. The van der Waals surface area contributed by atoms with Crippen molar-refractivity contribution in [3.63, 3.8) is 0 Å². The molecule has 0 aliphatic heterocycles. The maximum atomic E-state index is 8.90. The van der Waals surface area contributed by atoms with Crippen molar-refractivity contribution >= 4 is 29.6 Å².